The lowest BCUT2D eigenvalue weighted by molar-refractivity contribution is 0.0690. The van der Waals surface area contributed by atoms with Crippen LogP contribution in [0.2, 0.25) is 0 Å². The van der Waals surface area contributed by atoms with E-state index >= 15 is 0 Å². The van der Waals surface area contributed by atoms with Gasteiger partial charge in [-0.1, -0.05) is 12.1 Å². The smallest absolute Gasteiger partial charge is 0.253 e. The number of piperidine rings is 1. The van der Waals surface area contributed by atoms with Crippen molar-refractivity contribution >= 4 is 5.91 Å². The molecule has 1 aliphatic heterocycles. The van der Waals surface area contributed by atoms with Crippen LogP contribution >= 0.6 is 0 Å². The normalized spacial score (nSPS) is 14.7. The van der Waals surface area contributed by atoms with Gasteiger partial charge in [-0.05, 0) is 74.9 Å². The van der Waals surface area contributed by atoms with E-state index in [1.165, 1.54) is 5.56 Å². The van der Waals surface area contributed by atoms with Gasteiger partial charge in [0.15, 0.2) is 11.5 Å². The summed E-state index contributed by atoms with van der Waals surface area (Å²) in [5.74, 6) is 2.80. The van der Waals surface area contributed by atoms with Crippen LogP contribution in [0.3, 0.4) is 0 Å². The molecule has 5 nitrogen and oxygen atoms in total. The molecule has 0 N–H and O–H groups in total. The number of carbonyl (C=O) groups excluding carboxylic acids is 1. The van der Waals surface area contributed by atoms with Gasteiger partial charge in [0.1, 0.15) is 5.75 Å². The number of carbonyl (C=O) groups is 1. The Bertz CT molecular complexity index is 808. The Hall–Kier alpha value is -2.69. The Morgan fingerprint density at radius 3 is 2.28 bits per heavy atom. The van der Waals surface area contributed by atoms with Crippen LogP contribution < -0.4 is 14.2 Å². The van der Waals surface area contributed by atoms with Crippen molar-refractivity contribution in [3.05, 3.63) is 53.6 Å². The fourth-order valence-electron chi connectivity index (χ4n) is 3.77. The molecule has 5 heteroatoms. The summed E-state index contributed by atoms with van der Waals surface area (Å²) in [6.45, 7) is 5.50. The molecule has 0 aliphatic carbocycles. The van der Waals surface area contributed by atoms with Crippen molar-refractivity contribution in [3.8, 4) is 17.2 Å². The SMILES string of the molecule is COc1ccc(CC2CCN(C(=O)c3ccc(OC(C)C)c(OC)c3)CC2)cc1. The molecule has 2 aromatic rings. The van der Waals surface area contributed by atoms with E-state index < -0.39 is 0 Å². The van der Waals surface area contributed by atoms with Crippen molar-refractivity contribution in [2.24, 2.45) is 5.92 Å². The molecule has 1 amide bonds. The van der Waals surface area contributed by atoms with E-state index in [2.05, 4.69) is 12.1 Å². The number of ether oxygens (including phenoxy) is 3. The summed E-state index contributed by atoms with van der Waals surface area (Å²) in [5.41, 5.74) is 1.97. The van der Waals surface area contributed by atoms with E-state index in [1.54, 1.807) is 20.3 Å². The first-order valence-electron chi connectivity index (χ1n) is 10.3. The van der Waals surface area contributed by atoms with E-state index in [-0.39, 0.29) is 12.0 Å². The average Bonchev–Trinajstić information content (AvgIpc) is 2.74. The highest BCUT2D eigenvalue weighted by atomic mass is 16.5. The molecule has 156 valence electrons. The third-order valence-corrected chi connectivity index (χ3v) is 5.36. The number of nitrogens with zero attached hydrogens (tertiary/aromatic N) is 1. The largest absolute Gasteiger partial charge is 0.497 e. The van der Waals surface area contributed by atoms with Crippen molar-refractivity contribution in [2.45, 2.75) is 39.2 Å². The summed E-state index contributed by atoms with van der Waals surface area (Å²) in [6.07, 6.45) is 3.13. The molecule has 29 heavy (non-hydrogen) atoms. The highest BCUT2D eigenvalue weighted by Crippen LogP contribution is 2.30. The summed E-state index contributed by atoms with van der Waals surface area (Å²) in [4.78, 5) is 14.9. The lowest BCUT2D eigenvalue weighted by atomic mass is 9.90. The van der Waals surface area contributed by atoms with Gasteiger partial charge in [-0.25, -0.2) is 0 Å². The number of hydrogen-bond donors (Lipinski definition) is 0. The minimum Gasteiger partial charge on any atom is -0.497 e. The van der Waals surface area contributed by atoms with E-state index in [0.717, 1.165) is 38.1 Å². The van der Waals surface area contributed by atoms with Crippen molar-refractivity contribution in [3.63, 3.8) is 0 Å². The molecule has 0 radical (unpaired) electrons. The Labute approximate surface area is 173 Å². The van der Waals surface area contributed by atoms with Gasteiger partial charge < -0.3 is 19.1 Å². The second-order valence-electron chi connectivity index (χ2n) is 7.82. The van der Waals surface area contributed by atoms with Crippen molar-refractivity contribution in [1.82, 2.24) is 4.90 Å². The van der Waals surface area contributed by atoms with Crippen molar-refractivity contribution < 1.29 is 19.0 Å². The van der Waals surface area contributed by atoms with E-state index in [4.69, 9.17) is 14.2 Å². The van der Waals surface area contributed by atoms with Gasteiger partial charge in [-0.15, -0.1) is 0 Å². The first kappa shape index (κ1) is 21.0. The van der Waals surface area contributed by atoms with Crippen molar-refractivity contribution in [1.29, 1.82) is 0 Å². The molecule has 1 saturated heterocycles. The fourth-order valence-corrected chi connectivity index (χ4v) is 3.77. The van der Waals surface area contributed by atoms with Crippen LogP contribution in [0.1, 0.15) is 42.6 Å². The van der Waals surface area contributed by atoms with Crippen LogP contribution in [-0.4, -0.2) is 44.2 Å². The van der Waals surface area contributed by atoms with Gasteiger partial charge in [0, 0.05) is 18.7 Å². The monoisotopic (exact) mass is 397 g/mol. The van der Waals surface area contributed by atoms with Gasteiger partial charge in [-0.3, -0.25) is 4.79 Å². The predicted octanol–water partition coefficient (Wildman–Crippen LogP) is 4.59. The number of rotatable bonds is 7. The third-order valence-electron chi connectivity index (χ3n) is 5.36. The van der Waals surface area contributed by atoms with Crippen LogP contribution in [-0.2, 0) is 6.42 Å². The van der Waals surface area contributed by atoms with Crippen LogP contribution in [0.25, 0.3) is 0 Å². The standard InChI is InChI=1S/C24H31NO4/c1-17(2)29-22-10-7-20(16-23(22)28-4)24(26)25-13-11-19(12-14-25)15-18-5-8-21(27-3)9-6-18/h5-10,16-17,19H,11-15H2,1-4H3. The van der Waals surface area contributed by atoms with E-state index in [0.29, 0.717) is 23.0 Å². The predicted molar refractivity (Wildman–Crippen MR) is 114 cm³/mol. The molecule has 1 heterocycles. The number of benzene rings is 2. The van der Waals surface area contributed by atoms with Gasteiger partial charge in [0.25, 0.3) is 5.91 Å². The molecule has 0 saturated carbocycles. The molecule has 1 fully saturated rings. The molecule has 0 bridgehead atoms. The lowest BCUT2D eigenvalue weighted by Gasteiger charge is -2.32. The fraction of sp³-hybridized carbons (Fsp3) is 0.458. The molecule has 0 spiro atoms. The lowest BCUT2D eigenvalue weighted by Crippen LogP contribution is -2.38. The molecule has 2 aromatic carbocycles. The third kappa shape index (κ3) is 5.43. The molecule has 0 aromatic heterocycles. The summed E-state index contributed by atoms with van der Waals surface area (Å²) >= 11 is 0. The van der Waals surface area contributed by atoms with Crippen LogP contribution in [0.15, 0.2) is 42.5 Å². The number of methoxy groups -OCH3 is 2. The summed E-state index contributed by atoms with van der Waals surface area (Å²) in [7, 11) is 3.28. The topological polar surface area (TPSA) is 48.0 Å². The highest BCUT2D eigenvalue weighted by Gasteiger charge is 2.24. The second kappa shape index (κ2) is 9.68. The molecule has 0 unspecified atom stereocenters. The zero-order valence-electron chi connectivity index (χ0n) is 17.8. The zero-order valence-corrected chi connectivity index (χ0v) is 17.8. The minimum atomic E-state index is 0.0511. The Morgan fingerprint density at radius 1 is 1.00 bits per heavy atom. The van der Waals surface area contributed by atoms with Crippen LogP contribution in [0.4, 0.5) is 0 Å². The first-order chi connectivity index (χ1) is 14.0. The molecule has 0 atom stereocenters. The maximum absolute atomic E-state index is 13.0. The molecular weight excluding hydrogens is 366 g/mol. The zero-order chi connectivity index (χ0) is 20.8. The molecule has 1 aliphatic rings. The maximum atomic E-state index is 13.0. The van der Waals surface area contributed by atoms with Gasteiger partial charge in [0.05, 0.1) is 20.3 Å². The van der Waals surface area contributed by atoms with E-state index in [9.17, 15) is 4.79 Å². The van der Waals surface area contributed by atoms with Crippen LogP contribution in [0, 0.1) is 5.92 Å². The van der Waals surface area contributed by atoms with E-state index in [1.807, 2.05) is 43.0 Å². The summed E-state index contributed by atoms with van der Waals surface area (Å²) in [5, 5.41) is 0. The molecular formula is C24H31NO4. The quantitative estimate of drug-likeness (QED) is 0.686. The minimum absolute atomic E-state index is 0.0511. The Kier molecular flexibility index (Phi) is 7.02. The number of likely N-dealkylation sites (tertiary alicyclic amines) is 1. The number of amides is 1. The summed E-state index contributed by atoms with van der Waals surface area (Å²) in [6, 6.07) is 13.7. The van der Waals surface area contributed by atoms with Gasteiger partial charge in [-0.2, -0.15) is 0 Å². The van der Waals surface area contributed by atoms with Crippen LogP contribution in [0.5, 0.6) is 17.2 Å². The average molecular weight is 398 g/mol. The maximum Gasteiger partial charge on any atom is 0.253 e. The Morgan fingerprint density at radius 2 is 1.69 bits per heavy atom. The highest BCUT2D eigenvalue weighted by molar-refractivity contribution is 5.95. The van der Waals surface area contributed by atoms with Gasteiger partial charge in [0.2, 0.25) is 0 Å². The Balaban J connectivity index is 1.58. The van der Waals surface area contributed by atoms with Gasteiger partial charge >= 0.3 is 0 Å². The second-order valence-corrected chi connectivity index (χ2v) is 7.82. The number of hydrogen-bond acceptors (Lipinski definition) is 4. The summed E-state index contributed by atoms with van der Waals surface area (Å²) < 4.78 is 16.4. The first-order valence-corrected chi connectivity index (χ1v) is 10.3. The van der Waals surface area contributed by atoms with Crippen molar-refractivity contribution in [2.75, 3.05) is 27.3 Å². The molecule has 3 rings (SSSR count).